The van der Waals surface area contributed by atoms with Gasteiger partial charge in [-0.25, -0.2) is 9.78 Å². The van der Waals surface area contributed by atoms with Crippen LogP contribution in [0.5, 0.6) is 0 Å². The maximum absolute atomic E-state index is 13.5. The number of likely N-dealkylation sites (N-methyl/N-ethyl adjacent to an activating group) is 2. The third kappa shape index (κ3) is 11.9. The maximum Gasteiger partial charge on any atom is 0.405 e. The molecule has 1 aromatic carbocycles. The number of aliphatic hydroxyl groups excluding tert-OH is 1. The average molecular weight is 744 g/mol. The number of hydrogen-bond donors (Lipinski definition) is 6. The van der Waals surface area contributed by atoms with Gasteiger partial charge in [0.2, 0.25) is 5.91 Å². The number of carbonyl (C=O) groups is 4. The van der Waals surface area contributed by atoms with Crippen molar-refractivity contribution < 1.29 is 34.1 Å². The predicted octanol–water partition coefficient (Wildman–Crippen LogP) is 4.26. The number of rotatable bonds is 18. The van der Waals surface area contributed by atoms with Gasteiger partial charge in [-0.2, -0.15) is 0 Å². The Labute approximate surface area is 311 Å². The van der Waals surface area contributed by atoms with Crippen molar-refractivity contribution in [3.05, 3.63) is 57.2 Å². The number of benzene rings is 1. The van der Waals surface area contributed by atoms with Gasteiger partial charge < -0.3 is 42.0 Å². The number of likely N-dealkylation sites (tertiary alicyclic amines) is 1. The van der Waals surface area contributed by atoms with E-state index in [1.54, 1.807) is 36.4 Å². The van der Waals surface area contributed by atoms with Gasteiger partial charge in [0.15, 0.2) is 6.10 Å². The lowest BCUT2D eigenvalue weighted by atomic mass is 9.94. The van der Waals surface area contributed by atoms with Gasteiger partial charge in [0.05, 0.1) is 18.0 Å². The summed E-state index contributed by atoms with van der Waals surface area (Å²) >= 11 is 1.11. The van der Waals surface area contributed by atoms with Crippen LogP contribution in [0.4, 0.5) is 10.5 Å². The van der Waals surface area contributed by atoms with Crippen LogP contribution in [0.2, 0.25) is 0 Å². The average Bonchev–Trinajstić information content (AvgIpc) is 3.59. The Morgan fingerprint density at radius 2 is 1.81 bits per heavy atom. The number of anilines is 1. The number of aliphatic carboxylic acids is 1. The van der Waals surface area contributed by atoms with Gasteiger partial charge in [-0.3, -0.25) is 19.3 Å². The van der Waals surface area contributed by atoms with Crippen LogP contribution in [0.3, 0.4) is 0 Å². The minimum absolute atomic E-state index is 0.0613. The number of thiazole rings is 1. The minimum Gasteiger partial charge on any atom is -0.481 e. The van der Waals surface area contributed by atoms with Crippen LogP contribution >= 0.6 is 11.3 Å². The number of nitrogens with zero attached hydrogens (tertiary/aromatic N) is 3. The van der Waals surface area contributed by atoms with Gasteiger partial charge in [0.1, 0.15) is 16.9 Å². The van der Waals surface area contributed by atoms with Gasteiger partial charge in [-0.1, -0.05) is 51.3 Å². The van der Waals surface area contributed by atoms with E-state index in [2.05, 4.69) is 20.5 Å². The molecule has 0 radical (unpaired) electrons. The van der Waals surface area contributed by atoms with Crippen molar-refractivity contribution in [1.82, 2.24) is 25.4 Å². The Kier molecular flexibility index (Phi) is 15.9. The van der Waals surface area contributed by atoms with E-state index in [1.807, 2.05) is 46.9 Å². The van der Waals surface area contributed by atoms with E-state index in [0.717, 1.165) is 48.3 Å². The third-order valence-corrected chi connectivity index (χ3v) is 10.8. The number of carboxylic acids is 1. The Balaban J connectivity index is 1.82. The van der Waals surface area contributed by atoms with Gasteiger partial charge in [0.25, 0.3) is 5.91 Å². The van der Waals surface area contributed by atoms with E-state index in [1.165, 1.54) is 0 Å². The van der Waals surface area contributed by atoms with Crippen molar-refractivity contribution in [3.8, 4) is 0 Å². The fourth-order valence-corrected chi connectivity index (χ4v) is 7.31. The highest BCUT2D eigenvalue weighted by atomic mass is 32.1. The van der Waals surface area contributed by atoms with E-state index in [9.17, 15) is 29.4 Å². The van der Waals surface area contributed by atoms with Gasteiger partial charge in [0, 0.05) is 36.3 Å². The van der Waals surface area contributed by atoms with Gasteiger partial charge >= 0.3 is 12.1 Å². The number of nitrogens with two attached hydrogens (primary N) is 2. The first-order chi connectivity index (χ1) is 24.5. The number of hydrogen-bond acceptors (Lipinski definition) is 11. The standard InChI is InChI=1S/C37H57N7O7S/c1-8-22(4)31(42-33(46)28-11-9-10-16-43(28)6)35(47)44(7)29(21(2)3)19-30(51-37(39)50)34-41-27(20-52-34)32(45)40-26(17-23(5)36(48)49)18-24-12-14-25(38)15-13-24/h12-15,20,22-23,26,28,30-31,35,47H,8-11,16-19,38H2,1-7H3,(H2,39,50)(H,40,45)(H,42,46)(H,48,49)/t22-,23-,26+,28+,30+,31-,35?/m0/s1. The predicted molar refractivity (Wildman–Crippen MR) is 201 cm³/mol. The van der Waals surface area contributed by atoms with E-state index >= 15 is 0 Å². The summed E-state index contributed by atoms with van der Waals surface area (Å²) in [7, 11) is 3.67. The number of nitrogen functional groups attached to an aromatic ring is 1. The molecule has 3 rings (SSSR count). The largest absolute Gasteiger partial charge is 0.481 e. The molecular weight excluding hydrogens is 687 g/mol. The number of piperidine rings is 1. The summed E-state index contributed by atoms with van der Waals surface area (Å²) in [5.74, 6) is -2.37. The first kappa shape index (κ1) is 42.2. The number of aromatic nitrogens is 1. The summed E-state index contributed by atoms with van der Waals surface area (Å²) < 4.78 is 5.54. The molecular formula is C37H57N7O7S. The molecule has 288 valence electrons. The summed E-state index contributed by atoms with van der Waals surface area (Å²) in [4.78, 5) is 58.9. The van der Waals surface area contributed by atoms with Crippen LogP contribution in [-0.4, -0.2) is 93.9 Å². The molecule has 15 heteroatoms. The molecule has 2 aromatic rings. The number of amides is 3. The highest BCUT2D eigenvalue weighted by Gasteiger charge is 2.35. The van der Waals surface area contributed by atoms with Crippen LogP contribution in [0, 0.1) is 11.8 Å². The molecule has 14 nitrogen and oxygen atoms in total. The molecule has 1 unspecified atom stereocenters. The first-order valence-electron chi connectivity index (χ1n) is 17.9. The van der Waals surface area contributed by atoms with Gasteiger partial charge in [-0.05, 0) is 76.7 Å². The van der Waals surface area contributed by atoms with Crippen LogP contribution in [0.15, 0.2) is 40.9 Å². The Hall–Kier alpha value is -4.21. The summed E-state index contributed by atoms with van der Waals surface area (Å²) in [5, 5.41) is 29.2. The van der Waals surface area contributed by atoms with Crippen molar-refractivity contribution in [2.75, 3.05) is 26.4 Å². The molecule has 7 atom stereocenters. The molecule has 1 aliphatic heterocycles. The zero-order chi connectivity index (χ0) is 38.7. The molecule has 52 heavy (non-hydrogen) atoms. The molecule has 0 saturated carbocycles. The van der Waals surface area contributed by atoms with Crippen LogP contribution in [0.25, 0.3) is 0 Å². The quantitative estimate of drug-likeness (QED) is 0.0938. The fraction of sp³-hybridized carbons (Fsp3) is 0.595. The molecule has 0 spiro atoms. The second kappa shape index (κ2) is 19.6. The molecule has 0 bridgehead atoms. The van der Waals surface area contributed by atoms with Crippen molar-refractivity contribution in [2.45, 2.75) is 110 Å². The summed E-state index contributed by atoms with van der Waals surface area (Å²) in [6.45, 7) is 10.2. The van der Waals surface area contributed by atoms with Crippen molar-refractivity contribution >= 4 is 40.9 Å². The first-order valence-corrected chi connectivity index (χ1v) is 18.8. The molecule has 1 aliphatic rings. The molecule has 1 saturated heterocycles. The highest BCUT2D eigenvalue weighted by molar-refractivity contribution is 7.09. The van der Waals surface area contributed by atoms with Crippen molar-refractivity contribution in [1.29, 1.82) is 0 Å². The number of carbonyl (C=O) groups excluding carboxylic acids is 3. The normalized spacial score (nSPS) is 18.2. The lowest BCUT2D eigenvalue weighted by Crippen LogP contribution is -2.57. The number of carboxylic acid groups (broad SMARTS) is 1. The topological polar surface area (TPSA) is 213 Å². The summed E-state index contributed by atoms with van der Waals surface area (Å²) in [6.07, 6.45) is 0.984. The number of primary amides is 1. The van der Waals surface area contributed by atoms with E-state index in [-0.39, 0.29) is 36.4 Å². The smallest absolute Gasteiger partial charge is 0.405 e. The molecule has 2 heterocycles. The number of allylic oxidation sites excluding steroid dienone is 1. The molecule has 1 aromatic heterocycles. The molecule has 8 N–H and O–H groups in total. The van der Waals surface area contributed by atoms with Gasteiger partial charge in [-0.15, -0.1) is 11.3 Å². The second-order valence-corrected chi connectivity index (χ2v) is 15.1. The zero-order valence-electron chi connectivity index (χ0n) is 31.4. The summed E-state index contributed by atoms with van der Waals surface area (Å²) in [6, 6.07) is 5.77. The monoisotopic (exact) mass is 743 g/mol. The van der Waals surface area contributed by atoms with E-state index in [0.29, 0.717) is 29.2 Å². The fourth-order valence-electron chi connectivity index (χ4n) is 6.49. The van der Waals surface area contributed by atoms with E-state index < -0.39 is 48.3 Å². The lowest BCUT2D eigenvalue weighted by Gasteiger charge is -2.39. The second-order valence-electron chi connectivity index (χ2n) is 14.2. The Bertz CT molecular complexity index is 1540. The Morgan fingerprint density at radius 3 is 2.38 bits per heavy atom. The van der Waals surface area contributed by atoms with Crippen LogP contribution in [-0.2, 0) is 20.7 Å². The Morgan fingerprint density at radius 1 is 1.13 bits per heavy atom. The maximum atomic E-state index is 13.5. The van der Waals surface area contributed by atoms with Crippen LogP contribution in [0.1, 0.15) is 100 Å². The minimum atomic E-state index is -1.12. The molecule has 0 aliphatic carbocycles. The SMILES string of the molecule is CC[C@H](C)[C@H](NC(=O)[C@H]1CCCCN1C)C(O)N(C)C(C[C@@H](OC(N)=O)c1nc(C(=O)N[C@@H](Cc2ccc(N)cc2)C[C@H](C)C(=O)O)cs1)=C(C)C. The molecule has 1 fully saturated rings. The van der Waals surface area contributed by atoms with Crippen molar-refractivity contribution in [2.24, 2.45) is 17.6 Å². The van der Waals surface area contributed by atoms with Crippen molar-refractivity contribution in [3.63, 3.8) is 0 Å². The molecule has 3 amide bonds. The number of nitrogens with one attached hydrogen (secondary N) is 2. The lowest BCUT2D eigenvalue weighted by molar-refractivity contribution is -0.141. The van der Waals surface area contributed by atoms with Crippen LogP contribution < -0.4 is 22.1 Å². The third-order valence-electron chi connectivity index (χ3n) is 9.88. The zero-order valence-corrected chi connectivity index (χ0v) is 32.2. The van der Waals surface area contributed by atoms with E-state index in [4.69, 9.17) is 16.2 Å². The number of aliphatic hydroxyl groups is 1. The number of ether oxygens (including phenoxy) is 1. The summed E-state index contributed by atoms with van der Waals surface area (Å²) in [5.41, 5.74) is 14.3. The highest BCUT2D eigenvalue weighted by Crippen LogP contribution is 2.32.